The fourth-order valence-corrected chi connectivity index (χ4v) is 1.83. The number of halogens is 1. The van der Waals surface area contributed by atoms with Crippen molar-refractivity contribution in [1.29, 1.82) is 0 Å². The summed E-state index contributed by atoms with van der Waals surface area (Å²) in [7, 11) is 0. The van der Waals surface area contributed by atoms with Gasteiger partial charge in [0.05, 0.1) is 17.2 Å². The van der Waals surface area contributed by atoms with Crippen molar-refractivity contribution in [2.45, 2.75) is 46.3 Å². The Bertz CT molecular complexity index is 392. The zero-order valence-corrected chi connectivity index (χ0v) is 12.3. The van der Waals surface area contributed by atoms with Crippen LogP contribution >= 0.6 is 11.6 Å². The molecule has 0 spiro atoms. The highest BCUT2D eigenvalue weighted by Crippen LogP contribution is 2.34. The van der Waals surface area contributed by atoms with Gasteiger partial charge in [0.2, 0.25) is 0 Å². The second kappa shape index (κ2) is 6.86. The van der Waals surface area contributed by atoms with Crippen molar-refractivity contribution in [1.82, 2.24) is 0 Å². The number of nitrogens with two attached hydrogens (primary N) is 1. The molecule has 0 unspecified atom stereocenters. The fraction of sp³-hybridized carbons (Fsp3) is 0.571. The summed E-state index contributed by atoms with van der Waals surface area (Å²) in [6.45, 7) is 8.48. The molecule has 18 heavy (non-hydrogen) atoms. The molecule has 0 bridgehead atoms. The summed E-state index contributed by atoms with van der Waals surface area (Å²) in [5.41, 5.74) is 6.65. The van der Waals surface area contributed by atoms with Crippen molar-refractivity contribution in [3.63, 3.8) is 0 Å². The van der Waals surface area contributed by atoms with Gasteiger partial charge in [-0.3, -0.25) is 0 Å². The molecule has 2 N–H and O–H groups in total. The molecule has 1 rings (SSSR count). The van der Waals surface area contributed by atoms with Gasteiger partial charge in [0.25, 0.3) is 0 Å². The topological polar surface area (TPSA) is 44.5 Å². The zero-order valence-electron chi connectivity index (χ0n) is 11.5. The van der Waals surface area contributed by atoms with Crippen LogP contribution in [0.25, 0.3) is 0 Å². The molecule has 0 saturated heterocycles. The maximum absolute atomic E-state index is 6.19. The van der Waals surface area contributed by atoms with E-state index >= 15 is 0 Å². The standard InChI is InChI=1S/C14H22ClNO2/c1-9(2)17-13-8-12(15)14(18-10(3)4)7-11(13)5-6-16/h7-10H,5-6,16H2,1-4H3. The number of ether oxygens (including phenoxy) is 2. The third-order valence-corrected chi connectivity index (χ3v) is 2.55. The van der Waals surface area contributed by atoms with Gasteiger partial charge < -0.3 is 15.2 Å². The minimum atomic E-state index is 0.0880. The normalized spacial score (nSPS) is 11.1. The van der Waals surface area contributed by atoms with Gasteiger partial charge in [-0.1, -0.05) is 11.6 Å². The maximum Gasteiger partial charge on any atom is 0.138 e. The van der Waals surface area contributed by atoms with Crippen molar-refractivity contribution in [2.24, 2.45) is 5.73 Å². The number of benzene rings is 1. The molecule has 0 fully saturated rings. The third kappa shape index (κ3) is 4.39. The van der Waals surface area contributed by atoms with Crippen molar-refractivity contribution >= 4 is 11.6 Å². The average molecular weight is 272 g/mol. The van der Waals surface area contributed by atoms with Crippen LogP contribution in [0, 0.1) is 0 Å². The summed E-state index contributed by atoms with van der Waals surface area (Å²) in [6.07, 6.45) is 0.938. The van der Waals surface area contributed by atoms with Gasteiger partial charge in [0.1, 0.15) is 11.5 Å². The molecule has 0 atom stereocenters. The Labute approximate surface area is 114 Å². The minimum Gasteiger partial charge on any atom is -0.491 e. The first kappa shape index (κ1) is 15.1. The van der Waals surface area contributed by atoms with E-state index in [9.17, 15) is 0 Å². The first-order chi connectivity index (χ1) is 8.43. The van der Waals surface area contributed by atoms with Gasteiger partial charge in [-0.25, -0.2) is 0 Å². The highest BCUT2D eigenvalue weighted by molar-refractivity contribution is 6.32. The van der Waals surface area contributed by atoms with Crippen molar-refractivity contribution < 1.29 is 9.47 Å². The van der Waals surface area contributed by atoms with Crippen LogP contribution in [-0.4, -0.2) is 18.8 Å². The predicted molar refractivity (Wildman–Crippen MR) is 75.7 cm³/mol. The Morgan fingerprint density at radius 1 is 1.06 bits per heavy atom. The van der Waals surface area contributed by atoms with E-state index in [1.165, 1.54) is 0 Å². The van der Waals surface area contributed by atoms with Crippen LogP contribution in [0.3, 0.4) is 0 Å². The van der Waals surface area contributed by atoms with Crippen molar-refractivity contribution in [3.8, 4) is 11.5 Å². The molecule has 0 aliphatic heterocycles. The summed E-state index contributed by atoms with van der Waals surface area (Å²) in [5.74, 6) is 1.47. The van der Waals surface area contributed by atoms with Crippen LogP contribution in [0.5, 0.6) is 11.5 Å². The first-order valence-corrected chi connectivity index (χ1v) is 6.67. The summed E-state index contributed by atoms with van der Waals surface area (Å²) in [6, 6.07) is 3.73. The van der Waals surface area contributed by atoms with Gasteiger partial charge in [-0.2, -0.15) is 0 Å². The molecule has 102 valence electrons. The van der Waals surface area contributed by atoms with Gasteiger partial charge in [-0.15, -0.1) is 0 Å². The van der Waals surface area contributed by atoms with Crippen LogP contribution in [0.4, 0.5) is 0 Å². The summed E-state index contributed by atoms with van der Waals surface area (Å²) in [4.78, 5) is 0. The van der Waals surface area contributed by atoms with E-state index in [2.05, 4.69) is 0 Å². The number of hydrogen-bond donors (Lipinski definition) is 1. The largest absolute Gasteiger partial charge is 0.491 e. The summed E-state index contributed by atoms with van der Waals surface area (Å²) < 4.78 is 11.4. The molecular formula is C14H22ClNO2. The summed E-state index contributed by atoms with van der Waals surface area (Å²) in [5, 5.41) is 0.570. The van der Waals surface area contributed by atoms with Crippen molar-refractivity contribution in [3.05, 3.63) is 22.7 Å². The number of hydrogen-bond acceptors (Lipinski definition) is 3. The van der Waals surface area contributed by atoms with Gasteiger partial charge >= 0.3 is 0 Å². The Balaban J connectivity index is 3.07. The maximum atomic E-state index is 6.19. The molecule has 0 heterocycles. The highest BCUT2D eigenvalue weighted by Gasteiger charge is 2.12. The second-order valence-electron chi connectivity index (χ2n) is 4.76. The summed E-state index contributed by atoms with van der Waals surface area (Å²) >= 11 is 6.19. The van der Waals surface area contributed by atoms with Crippen LogP contribution in [0.2, 0.25) is 5.02 Å². The number of rotatable bonds is 6. The van der Waals surface area contributed by atoms with E-state index in [0.29, 0.717) is 17.3 Å². The SMILES string of the molecule is CC(C)Oc1cc(CCN)c(OC(C)C)cc1Cl. The molecule has 0 amide bonds. The Kier molecular flexibility index (Phi) is 5.76. The minimum absolute atomic E-state index is 0.0880. The van der Waals surface area contributed by atoms with E-state index in [0.717, 1.165) is 17.7 Å². The lowest BCUT2D eigenvalue weighted by Gasteiger charge is -2.18. The van der Waals surface area contributed by atoms with E-state index in [1.807, 2.05) is 39.8 Å². The average Bonchev–Trinajstić information content (AvgIpc) is 2.23. The molecule has 0 aromatic heterocycles. The van der Waals surface area contributed by atoms with Crippen LogP contribution in [0.15, 0.2) is 12.1 Å². The molecular weight excluding hydrogens is 250 g/mol. The quantitative estimate of drug-likeness (QED) is 0.862. The van der Waals surface area contributed by atoms with Crippen LogP contribution in [-0.2, 0) is 6.42 Å². The smallest absolute Gasteiger partial charge is 0.138 e. The lowest BCUT2D eigenvalue weighted by atomic mass is 10.1. The van der Waals surface area contributed by atoms with E-state index in [1.54, 1.807) is 0 Å². The van der Waals surface area contributed by atoms with Gasteiger partial charge in [-0.05, 0) is 52.3 Å². The van der Waals surface area contributed by atoms with E-state index in [4.69, 9.17) is 26.8 Å². The molecule has 1 aromatic rings. The monoisotopic (exact) mass is 271 g/mol. The zero-order chi connectivity index (χ0) is 13.7. The molecule has 4 heteroatoms. The molecule has 0 aliphatic carbocycles. The fourth-order valence-electron chi connectivity index (χ4n) is 1.64. The molecule has 0 radical (unpaired) electrons. The molecule has 3 nitrogen and oxygen atoms in total. The van der Waals surface area contributed by atoms with E-state index < -0.39 is 0 Å². The Morgan fingerprint density at radius 3 is 2.11 bits per heavy atom. The Hall–Kier alpha value is -0.930. The second-order valence-corrected chi connectivity index (χ2v) is 5.17. The highest BCUT2D eigenvalue weighted by atomic mass is 35.5. The van der Waals surface area contributed by atoms with Crippen LogP contribution in [0.1, 0.15) is 33.3 Å². The predicted octanol–water partition coefficient (Wildman–Crippen LogP) is 3.42. The van der Waals surface area contributed by atoms with Gasteiger partial charge in [0, 0.05) is 6.07 Å². The van der Waals surface area contributed by atoms with Crippen molar-refractivity contribution in [2.75, 3.05) is 6.54 Å². The lowest BCUT2D eigenvalue weighted by Crippen LogP contribution is -2.11. The van der Waals surface area contributed by atoms with Crippen LogP contribution < -0.4 is 15.2 Å². The lowest BCUT2D eigenvalue weighted by molar-refractivity contribution is 0.233. The molecule has 0 aliphatic rings. The first-order valence-electron chi connectivity index (χ1n) is 6.29. The third-order valence-electron chi connectivity index (χ3n) is 2.25. The molecule has 0 saturated carbocycles. The van der Waals surface area contributed by atoms with Gasteiger partial charge in [0.15, 0.2) is 0 Å². The molecule has 1 aromatic carbocycles. The van der Waals surface area contributed by atoms with E-state index in [-0.39, 0.29) is 12.2 Å². The Morgan fingerprint density at radius 2 is 1.61 bits per heavy atom.